The minimum absolute atomic E-state index is 0.0280. The predicted molar refractivity (Wildman–Crippen MR) is 115 cm³/mol. The first-order valence-corrected chi connectivity index (χ1v) is 9.92. The van der Waals surface area contributed by atoms with Crippen molar-refractivity contribution in [3.63, 3.8) is 0 Å². The number of nitrogens with zero attached hydrogens (tertiary/aromatic N) is 2. The second kappa shape index (κ2) is 7.81. The Morgan fingerprint density at radius 1 is 1.13 bits per heavy atom. The van der Waals surface area contributed by atoms with Gasteiger partial charge < -0.3 is 4.42 Å². The third-order valence-corrected chi connectivity index (χ3v) is 5.54. The fourth-order valence-electron chi connectivity index (χ4n) is 3.03. The number of carbonyl (C=O) groups is 2. The number of imide groups is 1. The molecule has 0 spiro atoms. The number of benzene rings is 2. The molecule has 0 aliphatic carbocycles. The van der Waals surface area contributed by atoms with E-state index < -0.39 is 16.1 Å². The van der Waals surface area contributed by atoms with Crippen LogP contribution in [0, 0.1) is 17.0 Å². The second-order valence-electron chi connectivity index (χ2n) is 6.46. The molecule has 0 atom stereocenters. The molecular formula is C21H13ClN2O5S. The van der Waals surface area contributed by atoms with Gasteiger partial charge in [0.2, 0.25) is 0 Å². The van der Waals surface area contributed by atoms with Crippen LogP contribution in [-0.4, -0.2) is 16.1 Å². The van der Waals surface area contributed by atoms with Crippen LogP contribution in [0.2, 0.25) is 5.02 Å². The summed E-state index contributed by atoms with van der Waals surface area (Å²) >= 11 is 6.77. The van der Waals surface area contributed by atoms with Gasteiger partial charge in [-0.2, -0.15) is 0 Å². The maximum atomic E-state index is 12.7. The van der Waals surface area contributed by atoms with E-state index in [9.17, 15) is 19.7 Å². The number of amides is 2. The first-order valence-electron chi connectivity index (χ1n) is 8.72. The number of furan rings is 1. The Morgan fingerprint density at radius 2 is 1.93 bits per heavy atom. The average Bonchev–Trinajstić information content (AvgIpc) is 3.26. The Kier molecular flexibility index (Phi) is 5.19. The molecule has 4 rings (SSSR count). The van der Waals surface area contributed by atoms with E-state index in [2.05, 4.69) is 0 Å². The van der Waals surface area contributed by atoms with Crippen molar-refractivity contribution in [2.45, 2.75) is 6.92 Å². The van der Waals surface area contributed by atoms with Gasteiger partial charge in [-0.3, -0.25) is 19.7 Å². The van der Waals surface area contributed by atoms with Crippen LogP contribution in [0.3, 0.4) is 0 Å². The molecule has 1 fully saturated rings. The quantitative estimate of drug-likeness (QED) is 0.278. The lowest BCUT2D eigenvalue weighted by Gasteiger charge is -2.12. The first kappa shape index (κ1) is 19.9. The van der Waals surface area contributed by atoms with Gasteiger partial charge in [0.05, 0.1) is 15.5 Å². The van der Waals surface area contributed by atoms with Gasteiger partial charge in [-0.15, -0.1) is 0 Å². The highest BCUT2D eigenvalue weighted by Gasteiger charge is 2.36. The molecule has 0 unspecified atom stereocenters. The van der Waals surface area contributed by atoms with Gasteiger partial charge in [0, 0.05) is 28.3 Å². The summed E-state index contributed by atoms with van der Waals surface area (Å²) in [5.74, 6) is 0.419. The molecule has 2 heterocycles. The fourth-order valence-corrected chi connectivity index (χ4v) is 4.04. The van der Waals surface area contributed by atoms with Gasteiger partial charge in [-0.1, -0.05) is 17.7 Å². The predicted octanol–water partition coefficient (Wildman–Crippen LogP) is 6.06. The lowest BCUT2D eigenvalue weighted by atomic mass is 10.1. The average molecular weight is 441 g/mol. The minimum atomic E-state index is -0.462. The highest BCUT2D eigenvalue weighted by atomic mass is 35.5. The fraction of sp³-hybridized carbons (Fsp3) is 0.0476. The number of nitro groups is 1. The third kappa shape index (κ3) is 3.74. The molecule has 1 aliphatic rings. The zero-order valence-electron chi connectivity index (χ0n) is 15.5. The molecule has 30 heavy (non-hydrogen) atoms. The summed E-state index contributed by atoms with van der Waals surface area (Å²) in [5, 5.41) is 11.0. The van der Waals surface area contributed by atoms with Gasteiger partial charge in [0.1, 0.15) is 11.5 Å². The van der Waals surface area contributed by atoms with Crippen molar-refractivity contribution in [1.29, 1.82) is 0 Å². The molecule has 1 saturated heterocycles. The molecule has 0 bridgehead atoms. The first-order chi connectivity index (χ1) is 14.3. The van der Waals surface area contributed by atoms with Gasteiger partial charge in [0.15, 0.2) is 0 Å². The van der Waals surface area contributed by atoms with E-state index in [1.165, 1.54) is 12.1 Å². The lowest BCUT2D eigenvalue weighted by molar-refractivity contribution is -0.385. The molecule has 2 aromatic carbocycles. The van der Waals surface area contributed by atoms with E-state index in [0.29, 0.717) is 33.4 Å². The van der Waals surface area contributed by atoms with Crippen molar-refractivity contribution in [3.8, 4) is 11.3 Å². The SMILES string of the molecule is Cc1cc(-c2ccc(/C=C3\SC(=O)N(c4cccc(Cl)c4)C3=O)o2)ccc1[N+](=O)[O-]. The number of nitro benzene ring substituents is 1. The smallest absolute Gasteiger partial charge is 0.298 e. The van der Waals surface area contributed by atoms with E-state index in [1.807, 2.05) is 0 Å². The van der Waals surface area contributed by atoms with E-state index in [0.717, 1.165) is 16.7 Å². The van der Waals surface area contributed by atoms with Crippen molar-refractivity contribution in [3.05, 3.63) is 86.0 Å². The molecule has 1 aliphatic heterocycles. The number of hydrogen-bond acceptors (Lipinski definition) is 6. The standard InChI is InChI=1S/C21H13ClN2O5S/c1-12-9-13(5-7-17(12)24(27)28)18-8-6-16(29-18)11-19-20(25)23(21(26)30-19)15-4-2-3-14(22)10-15/h2-11H,1H3/b19-11-. The van der Waals surface area contributed by atoms with E-state index >= 15 is 0 Å². The van der Waals surface area contributed by atoms with Crippen LogP contribution in [0.15, 0.2) is 63.9 Å². The number of thioether (sulfide) groups is 1. The van der Waals surface area contributed by atoms with E-state index in [-0.39, 0.29) is 10.6 Å². The summed E-state index contributed by atoms with van der Waals surface area (Å²) in [6.45, 7) is 1.65. The Hall–Kier alpha value is -3.36. The molecule has 9 heteroatoms. The van der Waals surface area contributed by atoms with E-state index in [4.69, 9.17) is 16.0 Å². The van der Waals surface area contributed by atoms with Crippen LogP contribution in [0.5, 0.6) is 0 Å². The summed E-state index contributed by atoms with van der Waals surface area (Å²) in [7, 11) is 0. The molecule has 0 radical (unpaired) electrons. The van der Waals surface area contributed by atoms with Crippen LogP contribution in [0.1, 0.15) is 11.3 Å². The minimum Gasteiger partial charge on any atom is -0.457 e. The lowest BCUT2D eigenvalue weighted by Crippen LogP contribution is -2.27. The molecular weight excluding hydrogens is 428 g/mol. The van der Waals surface area contributed by atoms with Gasteiger partial charge in [0.25, 0.3) is 16.8 Å². The van der Waals surface area contributed by atoms with Crippen molar-refractivity contribution in [2.75, 3.05) is 4.90 Å². The number of hydrogen-bond donors (Lipinski definition) is 0. The number of rotatable bonds is 4. The Morgan fingerprint density at radius 3 is 2.63 bits per heavy atom. The summed E-state index contributed by atoms with van der Waals surface area (Å²) in [6, 6.07) is 14.5. The van der Waals surface area contributed by atoms with Crippen LogP contribution in [-0.2, 0) is 4.79 Å². The van der Waals surface area contributed by atoms with Gasteiger partial charge in [-0.05, 0) is 61.2 Å². The topological polar surface area (TPSA) is 93.7 Å². The summed E-state index contributed by atoms with van der Waals surface area (Å²) in [5.41, 5.74) is 1.61. The third-order valence-electron chi connectivity index (χ3n) is 4.44. The van der Waals surface area contributed by atoms with Crippen LogP contribution in [0.4, 0.5) is 16.2 Å². The molecule has 0 N–H and O–H groups in total. The number of anilines is 1. The highest BCUT2D eigenvalue weighted by Crippen LogP contribution is 2.37. The van der Waals surface area contributed by atoms with Crippen LogP contribution < -0.4 is 4.90 Å². The maximum absolute atomic E-state index is 12.7. The number of aryl methyl sites for hydroxylation is 1. The zero-order valence-corrected chi connectivity index (χ0v) is 17.1. The van der Waals surface area contributed by atoms with Crippen LogP contribution >= 0.6 is 23.4 Å². The van der Waals surface area contributed by atoms with Gasteiger partial charge in [-0.25, -0.2) is 4.90 Å². The Bertz CT molecular complexity index is 1230. The maximum Gasteiger partial charge on any atom is 0.298 e. The molecule has 3 aromatic rings. The Labute approximate surface area is 180 Å². The molecule has 7 nitrogen and oxygen atoms in total. The molecule has 1 aromatic heterocycles. The zero-order chi connectivity index (χ0) is 21.4. The summed E-state index contributed by atoms with van der Waals surface area (Å²) < 4.78 is 5.77. The summed E-state index contributed by atoms with van der Waals surface area (Å²) in [6.07, 6.45) is 1.50. The summed E-state index contributed by atoms with van der Waals surface area (Å²) in [4.78, 5) is 36.9. The monoisotopic (exact) mass is 440 g/mol. The Balaban J connectivity index is 1.60. The van der Waals surface area contributed by atoms with Crippen molar-refractivity contribution in [1.82, 2.24) is 0 Å². The van der Waals surface area contributed by atoms with Crippen molar-refractivity contribution >= 4 is 52.0 Å². The number of halogens is 1. The van der Waals surface area contributed by atoms with Crippen LogP contribution in [0.25, 0.3) is 17.4 Å². The molecule has 150 valence electrons. The molecule has 0 saturated carbocycles. The normalized spacial score (nSPS) is 15.3. The highest BCUT2D eigenvalue weighted by molar-refractivity contribution is 8.19. The number of carbonyl (C=O) groups excluding carboxylic acids is 2. The van der Waals surface area contributed by atoms with Gasteiger partial charge >= 0.3 is 0 Å². The van der Waals surface area contributed by atoms with Crippen molar-refractivity contribution < 1.29 is 18.9 Å². The molecule has 2 amide bonds. The van der Waals surface area contributed by atoms with Crippen molar-refractivity contribution in [2.24, 2.45) is 0 Å². The second-order valence-corrected chi connectivity index (χ2v) is 7.89. The van der Waals surface area contributed by atoms with E-state index in [1.54, 1.807) is 55.5 Å². The largest absolute Gasteiger partial charge is 0.457 e.